The molecule has 0 aliphatic carbocycles. The maximum atomic E-state index is 14.0. The van der Waals surface area contributed by atoms with Crippen molar-refractivity contribution in [3.8, 4) is 11.1 Å². The highest BCUT2D eigenvalue weighted by Gasteiger charge is 2.33. The van der Waals surface area contributed by atoms with Crippen LogP contribution in [0.3, 0.4) is 0 Å². The molecule has 2 N–H and O–H groups in total. The number of alkyl halides is 2. The molecule has 0 saturated carbocycles. The van der Waals surface area contributed by atoms with E-state index in [-0.39, 0.29) is 53.5 Å². The first kappa shape index (κ1) is 26.6. The third kappa shape index (κ3) is 6.10. The fraction of sp³-hybridized carbons (Fsp3) is 0.308. The summed E-state index contributed by atoms with van der Waals surface area (Å²) >= 11 is 0. The van der Waals surface area contributed by atoms with Crippen LogP contribution in [-0.4, -0.2) is 40.4 Å². The lowest BCUT2D eigenvalue weighted by atomic mass is 9.97. The summed E-state index contributed by atoms with van der Waals surface area (Å²) < 4.78 is 76.0. The summed E-state index contributed by atoms with van der Waals surface area (Å²) in [4.78, 5) is 19.8. The van der Waals surface area contributed by atoms with Gasteiger partial charge in [0.25, 0.3) is 5.91 Å². The topological polar surface area (TPSA) is 86.2 Å². The highest BCUT2D eigenvalue weighted by atomic mass is 32.2. The number of pyridine rings is 1. The minimum atomic E-state index is -3.04. The molecule has 1 fully saturated rings. The van der Waals surface area contributed by atoms with Crippen LogP contribution in [0.5, 0.6) is 0 Å². The van der Waals surface area contributed by atoms with Gasteiger partial charge in [-0.15, -0.1) is 0 Å². The average Bonchev–Trinajstić information content (AvgIpc) is 2.98. The molecular formula is C26H26F4N4O2S. The molecule has 6 nitrogen and oxygen atoms in total. The number of nitrogens with one attached hydrogen (secondary N) is 2. The molecule has 4 rings (SSSR count). The molecule has 1 aliphatic heterocycles. The zero-order valence-electron chi connectivity index (χ0n) is 20.3. The van der Waals surface area contributed by atoms with Crippen LogP contribution >= 0.6 is 0 Å². The summed E-state index contributed by atoms with van der Waals surface area (Å²) in [5, 5.41) is 2.71. The lowest BCUT2D eigenvalue weighted by Crippen LogP contribution is -2.30. The molecule has 2 heterocycles. The quantitative estimate of drug-likeness (QED) is 0.379. The Morgan fingerprint density at radius 1 is 1.11 bits per heavy atom. The summed E-state index contributed by atoms with van der Waals surface area (Å²) in [7, 11) is -3.04. The molecule has 196 valence electrons. The third-order valence-electron chi connectivity index (χ3n) is 6.28. The van der Waals surface area contributed by atoms with E-state index in [9.17, 15) is 26.6 Å². The van der Waals surface area contributed by atoms with E-state index < -0.39 is 39.6 Å². The molecule has 1 saturated heterocycles. The van der Waals surface area contributed by atoms with Gasteiger partial charge in [-0.25, -0.2) is 31.5 Å². The molecule has 3 aromatic rings. The van der Waals surface area contributed by atoms with E-state index in [1.54, 1.807) is 24.0 Å². The van der Waals surface area contributed by atoms with Crippen molar-refractivity contribution in [1.82, 2.24) is 4.98 Å². The zero-order chi connectivity index (χ0) is 27.0. The highest BCUT2D eigenvalue weighted by Crippen LogP contribution is 2.35. The number of aromatic nitrogens is 1. The molecule has 0 radical (unpaired) electrons. The van der Waals surface area contributed by atoms with Gasteiger partial charge in [0, 0.05) is 60.6 Å². The van der Waals surface area contributed by atoms with E-state index in [2.05, 4.69) is 10.3 Å². The van der Waals surface area contributed by atoms with Crippen LogP contribution in [0.25, 0.3) is 11.1 Å². The Morgan fingerprint density at radius 2 is 1.81 bits per heavy atom. The second kappa shape index (κ2) is 10.1. The SMILES string of the molecule is Cc1c(-c2cc(F)cc(F)c2)cnc(N2CCCC(F)(F)CC2)c1C(=O)Nc1cccc(S(C)(=N)=O)c1. The van der Waals surface area contributed by atoms with Crippen LogP contribution in [0, 0.1) is 23.3 Å². The number of carbonyl (C=O) groups is 1. The normalized spacial score (nSPS) is 17.1. The zero-order valence-corrected chi connectivity index (χ0v) is 21.1. The van der Waals surface area contributed by atoms with Gasteiger partial charge in [0.15, 0.2) is 0 Å². The van der Waals surface area contributed by atoms with Gasteiger partial charge in [0.05, 0.1) is 15.3 Å². The average molecular weight is 535 g/mol. The Kier molecular flexibility index (Phi) is 7.27. The van der Waals surface area contributed by atoms with Crippen molar-refractivity contribution in [2.75, 3.05) is 29.6 Å². The second-order valence-electron chi connectivity index (χ2n) is 9.18. The number of nitrogens with zero attached hydrogens (tertiary/aromatic N) is 2. The van der Waals surface area contributed by atoms with Crippen LogP contribution < -0.4 is 10.2 Å². The second-order valence-corrected chi connectivity index (χ2v) is 11.3. The third-order valence-corrected chi connectivity index (χ3v) is 7.43. The van der Waals surface area contributed by atoms with E-state index in [1.165, 1.54) is 24.6 Å². The van der Waals surface area contributed by atoms with Crippen LogP contribution in [0.2, 0.25) is 0 Å². The largest absolute Gasteiger partial charge is 0.356 e. The van der Waals surface area contributed by atoms with Gasteiger partial charge >= 0.3 is 0 Å². The van der Waals surface area contributed by atoms with Crippen molar-refractivity contribution in [3.63, 3.8) is 0 Å². The maximum Gasteiger partial charge on any atom is 0.259 e. The van der Waals surface area contributed by atoms with Gasteiger partial charge in [-0.05, 0) is 54.8 Å². The Hall–Kier alpha value is -3.47. The first-order valence-corrected chi connectivity index (χ1v) is 13.5. The molecule has 11 heteroatoms. The van der Waals surface area contributed by atoms with Crippen LogP contribution in [0.15, 0.2) is 53.6 Å². The number of hydrogen-bond acceptors (Lipinski definition) is 5. The molecule has 2 aromatic carbocycles. The lowest BCUT2D eigenvalue weighted by Gasteiger charge is -2.26. The molecule has 1 amide bonds. The Balaban J connectivity index is 1.81. The highest BCUT2D eigenvalue weighted by molar-refractivity contribution is 7.91. The number of amides is 1. The first-order chi connectivity index (χ1) is 17.3. The predicted octanol–water partition coefficient (Wildman–Crippen LogP) is 6.25. The molecule has 0 spiro atoms. The van der Waals surface area contributed by atoms with Gasteiger partial charge in [-0.3, -0.25) is 4.79 Å². The maximum absolute atomic E-state index is 14.0. The number of rotatable bonds is 5. The summed E-state index contributed by atoms with van der Waals surface area (Å²) in [6.07, 6.45) is 2.16. The lowest BCUT2D eigenvalue weighted by molar-refractivity contribution is -0.0102. The van der Waals surface area contributed by atoms with Crippen molar-refractivity contribution < 1.29 is 26.6 Å². The monoisotopic (exact) mass is 534 g/mol. The molecule has 1 aliphatic rings. The molecular weight excluding hydrogens is 508 g/mol. The Labute approximate surface area is 212 Å². The fourth-order valence-corrected chi connectivity index (χ4v) is 5.08. The minimum absolute atomic E-state index is 0.0279. The van der Waals surface area contributed by atoms with Crippen LogP contribution in [0.1, 0.15) is 35.2 Å². The minimum Gasteiger partial charge on any atom is -0.356 e. The summed E-state index contributed by atoms with van der Waals surface area (Å²) in [6, 6.07) is 9.03. The Morgan fingerprint density at radius 3 is 2.49 bits per heavy atom. The predicted molar refractivity (Wildman–Crippen MR) is 135 cm³/mol. The van der Waals surface area contributed by atoms with Crippen molar-refractivity contribution >= 4 is 27.1 Å². The number of hydrogen-bond donors (Lipinski definition) is 2. The number of carbonyl (C=O) groups excluding carboxylic acids is 1. The van der Waals surface area contributed by atoms with E-state index in [0.29, 0.717) is 11.1 Å². The molecule has 1 unspecified atom stereocenters. The van der Waals surface area contributed by atoms with E-state index >= 15 is 0 Å². The van der Waals surface area contributed by atoms with Crippen LogP contribution in [-0.2, 0) is 9.73 Å². The molecule has 0 bridgehead atoms. The summed E-state index contributed by atoms with van der Waals surface area (Å²) in [6.45, 7) is 1.83. The molecule has 1 atom stereocenters. The van der Waals surface area contributed by atoms with Crippen LogP contribution in [0.4, 0.5) is 29.1 Å². The number of benzene rings is 2. The Bertz CT molecular complexity index is 1440. The molecule has 37 heavy (non-hydrogen) atoms. The van der Waals surface area contributed by atoms with Gasteiger partial charge in [-0.1, -0.05) is 6.07 Å². The van der Waals surface area contributed by atoms with Crippen molar-refractivity contribution in [2.24, 2.45) is 0 Å². The summed E-state index contributed by atoms with van der Waals surface area (Å²) in [5.41, 5.74) is 1.19. The van der Waals surface area contributed by atoms with Gasteiger partial charge in [0.2, 0.25) is 5.92 Å². The standard InChI is InChI=1S/C26H26F4N4O2S/c1-16-22(17-11-18(27)13-19(28)12-17)15-32-24(34-9-4-7-26(29,30)8-10-34)23(16)25(35)33-20-5-3-6-21(14-20)37(2,31)36/h3,5-6,11-15,31H,4,7-10H2,1-2H3,(H,33,35). The number of anilines is 2. The van der Waals surface area contributed by atoms with E-state index in [4.69, 9.17) is 4.78 Å². The fourth-order valence-electron chi connectivity index (χ4n) is 4.39. The van der Waals surface area contributed by atoms with Crippen molar-refractivity contribution in [2.45, 2.75) is 37.0 Å². The molecule has 1 aromatic heterocycles. The van der Waals surface area contributed by atoms with E-state index in [1.807, 2.05) is 0 Å². The number of halogens is 4. The smallest absolute Gasteiger partial charge is 0.259 e. The van der Waals surface area contributed by atoms with Gasteiger partial charge < -0.3 is 10.2 Å². The van der Waals surface area contributed by atoms with Gasteiger partial charge in [-0.2, -0.15) is 0 Å². The van der Waals surface area contributed by atoms with Gasteiger partial charge in [0.1, 0.15) is 17.5 Å². The van der Waals surface area contributed by atoms with Crippen molar-refractivity contribution in [1.29, 1.82) is 4.78 Å². The van der Waals surface area contributed by atoms with Crippen molar-refractivity contribution in [3.05, 3.63) is 71.4 Å². The van der Waals surface area contributed by atoms with E-state index in [0.717, 1.165) is 18.2 Å². The summed E-state index contributed by atoms with van der Waals surface area (Å²) in [5.74, 6) is -4.86. The first-order valence-electron chi connectivity index (χ1n) is 11.6.